The topological polar surface area (TPSA) is 12.0 Å². The summed E-state index contributed by atoms with van der Waals surface area (Å²) >= 11 is 9.15. The van der Waals surface area contributed by atoms with E-state index in [-0.39, 0.29) is 11.9 Å². The number of rotatable bonds is 5. The number of hydrogen-bond acceptors (Lipinski definition) is 1. The highest BCUT2D eigenvalue weighted by atomic mass is 79.9. The Balaban J connectivity index is 2.28. The lowest BCUT2D eigenvalue weighted by atomic mass is 10.0. The molecule has 1 N–H and O–H groups in total. The van der Waals surface area contributed by atoms with Gasteiger partial charge in [-0.3, -0.25) is 0 Å². The molecule has 21 heavy (non-hydrogen) atoms. The highest BCUT2D eigenvalue weighted by Crippen LogP contribution is 2.29. The van der Waals surface area contributed by atoms with Crippen molar-refractivity contribution in [1.82, 2.24) is 0 Å². The Labute approximate surface area is 138 Å². The van der Waals surface area contributed by atoms with Crippen molar-refractivity contribution in [1.29, 1.82) is 0 Å². The Hall–Kier alpha value is -1.06. The van der Waals surface area contributed by atoms with Crippen LogP contribution in [0.2, 0.25) is 5.02 Å². The van der Waals surface area contributed by atoms with Crippen molar-refractivity contribution in [2.45, 2.75) is 32.7 Å². The minimum Gasteiger partial charge on any atom is -0.378 e. The van der Waals surface area contributed by atoms with Crippen LogP contribution in [0.4, 0.5) is 10.1 Å². The van der Waals surface area contributed by atoms with Gasteiger partial charge in [-0.15, -0.1) is 0 Å². The molecule has 2 aromatic carbocycles. The molecule has 0 aliphatic heterocycles. The van der Waals surface area contributed by atoms with Crippen LogP contribution in [0.15, 0.2) is 40.9 Å². The van der Waals surface area contributed by atoms with Crippen molar-refractivity contribution in [3.05, 3.63) is 62.8 Å². The van der Waals surface area contributed by atoms with Crippen LogP contribution < -0.4 is 5.32 Å². The lowest BCUT2D eigenvalue weighted by molar-refractivity contribution is 0.619. The third kappa shape index (κ3) is 4.21. The van der Waals surface area contributed by atoms with Gasteiger partial charge in [0.05, 0.1) is 10.5 Å². The molecule has 0 aliphatic carbocycles. The van der Waals surface area contributed by atoms with Crippen LogP contribution in [-0.2, 0) is 0 Å². The predicted molar refractivity (Wildman–Crippen MR) is 91.6 cm³/mol. The predicted octanol–water partition coefficient (Wildman–Crippen LogP) is 6.50. The zero-order valence-corrected chi connectivity index (χ0v) is 14.4. The number of benzene rings is 2. The molecule has 0 spiro atoms. The molecule has 0 amide bonds. The van der Waals surface area contributed by atoms with Crippen LogP contribution in [-0.4, -0.2) is 0 Å². The monoisotopic (exact) mass is 369 g/mol. The largest absolute Gasteiger partial charge is 0.378 e. The van der Waals surface area contributed by atoms with Crippen molar-refractivity contribution in [2.75, 3.05) is 5.32 Å². The molecule has 0 bridgehead atoms. The third-order valence-electron chi connectivity index (χ3n) is 3.45. The van der Waals surface area contributed by atoms with Crippen molar-refractivity contribution >= 4 is 33.2 Å². The molecule has 2 aromatic rings. The number of hydrogen-bond donors (Lipinski definition) is 1. The van der Waals surface area contributed by atoms with Gasteiger partial charge in [0.25, 0.3) is 0 Å². The molecule has 0 saturated carbocycles. The van der Waals surface area contributed by atoms with E-state index < -0.39 is 0 Å². The molecule has 4 heteroatoms. The summed E-state index contributed by atoms with van der Waals surface area (Å²) in [6.07, 6.45) is 2.01. The number of nitrogens with one attached hydrogen (secondary N) is 1. The molecule has 0 aliphatic rings. The Morgan fingerprint density at radius 2 is 1.90 bits per heavy atom. The number of halogens is 3. The molecule has 0 heterocycles. The normalized spacial score (nSPS) is 12.2. The Morgan fingerprint density at radius 3 is 2.52 bits per heavy atom. The molecule has 0 aromatic heterocycles. The lowest BCUT2D eigenvalue weighted by Crippen LogP contribution is -2.11. The van der Waals surface area contributed by atoms with Gasteiger partial charge in [0.2, 0.25) is 0 Å². The van der Waals surface area contributed by atoms with Gasteiger partial charge >= 0.3 is 0 Å². The molecule has 0 radical (unpaired) electrons. The number of anilines is 1. The zero-order chi connectivity index (χ0) is 15.4. The molecule has 112 valence electrons. The van der Waals surface area contributed by atoms with E-state index in [0.717, 1.165) is 34.7 Å². The molecule has 1 atom stereocenters. The van der Waals surface area contributed by atoms with Gasteiger partial charge in [-0.25, -0.2) is 4.39 Å². The second-order valence-electron chi connectivity index (χ2n) is 5.12. The van der Waals surface area contributed by atoms with E-state index in [0.29, 0.717) is 4.47 Å². The van der Waals surface area contributed by atoms with Crippen molar-refractivity contribution in [3.63, 3.8) is 0 Å². The van der Waals surface area contributed by atoms with Gasteiger partial charge in [-0.05, 0) is 64.7 Å². The summed E-state index contributed by atoms with van der Waals surface area (Å²) in [4.78, 5) is 0. The maximum absolute atomic E-state index is 13.7. The summed E-state index contributed by atoms with van der Waals surface area (Å²) in [5.41, 5.74) is 2.99. The maximum atomic E-state index is 13.7. The minimum absolute atomic E-state index is 0.145. The van der Waals surface area contributed by atoms with E-state index in [9.17, 15) is 4.39 Å². The van der Waals surface area contributed by atoms with Crippen LogP contribution in [0.3, 0.4) is 0 Å². The zero-order valence-electron chi connectivity index (χ0n) is 12.1. The van der Waals surface area contributed by atoms with Crippen LogP contribution in [0.1, 0.15) is 36.9 Å². The lowest BCUT2D eigenvalue weighted by Gasteiger charge is -2.21. The Bertz CT molecular complexity index is 613. The van der Waals surface area contributed by atoms with Crippen molar-refractivity contribution in [3.8, 4) is 0 Å². The third-order valence-corrected chi connectivity index (χ3v) is 4.31. The van der Waals surface area contributed by atoms with E-state index in [1.807, 2.05) is 31.2 Å². The second kappa shape index (κ2) is 7.28. The summed E-state index contributed by atoms with van der Waals surface area (Å²) in [5.74, 6) is -0.255. The first-order valence-electron chi connectivity index (χ1n) is 6.99. The Kier molecular flexibility index (Phi) is 5.65. The first kappa shape index (κ1) is 16.3. The fourth-order valence-corrected chi connectivity index (χ4v) is 2.88. The van der Waals surface area contributed by atoms with Gasteiger partial charge in [-0.2, -0.15) is 0 Å². The molecular weight excluding hydrogens is 353 g/mol. The van der Waals surface area contributed by atoms with Crippen LogP contribution in [0, 0.1) is 12.7 Å². The van der Waals surface area contributed by atoms with Gasteiger partial charge in [-0.1, -0.05) is 37.1 Å². The average molecular weight is 371 g/mol. The summed E-state index contributed by atoms with van der Waals surface area (Å²) in [6.45, 7) is 4.11. The SMILES string of the molecule is CCCC(Nc1cc(F)c(Br)cc1C)c1ccc(Cl)cc1. The molecule has 0 saturated heterocycles. The van der Waals surface area contributed by atoms with E-state index >= 15 is 0 Å². The van der Waals surface area contributed by atoms with Crippen LogP contribution in [0.25, 0.3) is 0 Å². The van der Waals surface area contributed by atoms with Gasteiger partial charge in [0, 0.05) is 10.7 Å². The fourth-order valence-electron chi connectivity index (χ4n) is 2.30. The summed E-state index contributed by atoms with van der Waals surface area (Å²) < 4.78 is 14.2. The number of aryl methyl sites for hydroxylation is 1. The second-order valence-corrected chi connectivity index (χ2v) is 6.41. The van der Waals surface area contributed by atoms with E-state index in [1.165, 1.54) is 6.07 Å². The standard InChI is InChI=1S/C17H18BrClFN/c1-3-4-16(12-5-7-13(19)8-6-12)21-17-10-15(20)14(18)9-11(17)2/h5-10,16,21H,3-4H2,1-2H3. The highest BCUT2D eigenvalue weighted by Gasteiger charge is 2.13. The fraction of sp³-hybridized carbons (Fsp3) is 0.294. The van der Waals surface area contributed by atoms with Crippen molar-refractivity contribution in [2.24, 2.45) is 0 Å². The van der Waals surface area contributed by atoms with Crippen LogP contribution in [0.5, 0.6) is 0 Å². The summed E-state index contributed by atoms with van der Waals surface area (Å²) in [7, 11) is 0. The summed E-state index contributed by atoms with van der Waals surface area (Å²) in [5, 5.41) is 4.17. The van der Waals surface area contributed by atoms with Crippen LogP contribution >= 0.6 is 27.5 Å². The quantitative estimate of drug-likeness (QED) is 0.633. The van der Waals surface area contributed by atoms with Gasteiger partial charge in [0.1, 0.15) is 5.82 Å². The first-order chi connectivity index (χ1) is 10.0. The van der Waals surface area contributed by atoms with Gasteiger partial charge < -0.3 is 5.32 Å². The maximum Gasteiger partial charge on any atom is 0.139 e. The molecule has 0 fully saturated rings. The van der Waals surface area contributed by atoms with E-state index in [1.54, 1.807) is 6.07 Å². The van der Waals surface area contributed by atoms with Crippen molar-refractivity contribution < 1.29 is 4.39 Å². The van der Waals surface area contributed by atoms with Gasteiger partial charge in [0.15, 0.2) is 0 Å². The smallest absolute Gasteiger partial charge is 0.139 e. The molecule has 1 unspecified atom stereocenters. The van der Waals surface area contributed by atoms with E-state index in [2.05, 4.69) is 28.2 Å². The molecule has 2 rings (SSSR count). The summed E-state index contributed by atoms with van der Waals surface area (Å²) in [6, 6.07) is 11.3. The Morgan fingerprint density at radius 1 is 1.24 bits per heavy atom. The molecule has 1 nitrogen and oxygen atoms in total. The first-order valence-corrected chi connectivity index (χ1v) is 8.16. The van der Waals surface area contributed by atoms with E-state index in [4.69, 9.17) is 11.6 Å². The molecular formula is C17H18BrClFN. The highest BCUT2D eigenvalue weighted by molar-refractivity contribution is 9.10. The minimum atomic E-state index is -0.255. The average Bonchev–Trinajstić information content (AvgIpc) is 2.45.